The van der Waals surface area contributed by atoms with Crippen molar-refractivity contribution in [2.24, 2.45) is 5.41 Å². The minimum absolute atomic E-state index is 0.0749. The molecule has 1 saturated carbocycles. The zero-order valence-electron chi connectivity index (χ0n) is 11.9. The summed E-state index contributed by atoms with van der Waals surface area (Å²) in [5, 5.41) is 11.7. The van der Waals surface area contributed by atoms with Crippen LogP contribution in [0.5, 0.6) is 5.75 Å². The Kier molecular flexibility index (Phi) is 3.57. The second-order valence-corrected chi connectivity index (χ2v) is 5.93. The molecule has 0 aromatic heterocycles. The minimum atomic E-state index is -0.831. The molecule has 1 aromatic carbocycles. The topological polar surface area (TPSA) is 75.6 Å². The fourth-order valence-corrected chi connectivity index (χ4v) is 2.72. The van der Waals surface area contributed by atoms with Crippen LogP contribution in [0.25, 0.3) is 0 Å². The van der Waals surface area contributed by atoms with E-state index in [9.17, 15) is 9.59 Å². The number of hydrogen-bond acceptors (Lipinski definition) is 3. The molecule has 0 bridgehead atoms. The van der Waals surface area contributed by atoms with Crippen molar-refractivity contribution in [2.75, 3.05) is 13.2 Å². The van der Waals surface area contributed by atoms with Gasteiger partial charge in [0.25, 0.3) is 5.91 Å². The van der Waals surface area contributed by atoms with Gasteiger partial charge in [0, 0.05) is 6.54 Å². The summed E-state index contributed by atoms with van der Waals surface area (Å²) in [7, 11) is 0. The third-order valence-corrected chi connectivity index (χ3v) is 4.37. The second-order valence-electron chi connectivity index (χ2n) is 5.93. The molecule has 2 aliphatic rings. The van der Waals surface area contributed by atoms with E-state index in [-0.39, 0.29) is 19.1 Å². The summed E-state index contributed by atoms with van der Waals surface area (Å²) < 4.78 is 5.48. The van der Waals surface area contributed by atoms with Gasteiger partial charge in [0.05, 0.1) is 5.41 Å². The standard InChI is InChI=1S/C16H19NO4/c18-14(17-10-16(6-7-16)15(19)20)9-21-13-5-4-11-2-1-3-12(11)8-13/h4-5,8H,1-3,6-7,9-10H2,(H,17,18)(H,19,20). The Morgan fingerprint density at radius 3 is 2.71 bits per heavy atom. The van der Waals surface area contributed by atoms with Crippen molar-refractivity contribution < 1.29 is 19.4 Å². The average molecular weight is 289 g/mol. The molecule has 0 atom stereocenters. The van der Waals surface area contributed by atoms with Crippen LogP contribution in [0, 0.1) is 5.41 Å². The Bertz CT molecular complexity index is 578. The number of aryl methyl sites for hydroxylation is 2. The van der Waals surface area contributed by atoms with Gasteiger partial charge in [0.15, 0.2) is 6.61 Å². The average Bonchev–Trinajstić information content (AvgIpc) is 3.13. The van der Waals surface area contributed by atoms with Crippen LogP contribution in [0.4, 0.5) is 0 Å². The van der Waals surface area contributed by atoms with Gasteiger partial charge in [0.1, 0.15) is 5.75 Å². The normalized spacial score (nSPS) is 17.9. The molecule has 0 heterocycles. The van der Waals surface area contributed by atoms with Gasteiger partial charge in [-0.2, -0.15) is 0 Å². The van der Waals surface area contributed by atoms with Crippen LogP contribution >= 0.6 is 0 Å². The van der Waals surface area contributed by atoms with E-state index in [1.165, 1.54) is 17.5 Å². The van der Waals surface area contributed by atoms with Gasteiger partial charge in [-0.05, 0) is 55.4 Å². The molecule has 0 radical (unpaired) electrons. The fraction of sp³-hybridized carbons (Fsp3) is 0.500. The van der Waals surface area contributed by atoms with E-state index in [0.717, 1.165) is 12.8 Å². The molecule has 0 spiro atoms. The van der Waals surface area contributed by atoms with Crippen molar-refractivity contribution in [2.45, 2.75) is 32.1 Å². The molecule has 2 aliphatic carbocycles. The van der Waals surface area contributed by atoms with Crippen LogP contribution in [0.1, 0.15) is 30.4 Å². The summed E-state index contributed by atoms with van der Waals surface area (Å²) in [6, 6.07) is 5.94. The number of nitrogens with one attached hydrogen (secondary N) is 1. The van der Waals surface area contributed by atoms with E-state index in [0.29, 0.717) is 18.6 Å². The van der Waals surface area contributed by atoms with Crippen molar-refractivity contribution in [3.8, 4) is 5.75 Å². The van der Waals surface area contributed by atoms with Gasteiger partial charge in [-0.3, -0.25) is 9.59 Å². The monoisotopic (exact) mass is 289 g/mol. The van der Waals surface area contributed by atoms with Gasteiger partial charge < -0.3 is 15.2 Å². The number of amides is 1. The Morgan fingerprint density at radius 2 is 2.00 bits per heavy atom. The lowest BCUT2D eigenvalue weighted by Crippen LogP contribution is -2.36. The third kappa shape index (κ3) is 3.01. The van der Waals surface area contributed by atoms with Crippen molar-refractivity contribution >= 4 is 11.9 Å². The van der Waals surface area contributed by atoms with Gasteiger partial charge >= 0.3 is 5.97 Å². The Labute approximate surface area is 123 Å². The number of aliphatic carboxylic acids is 1. The van der Waals surface area contributed by atoms with Crippen LogP contribution in [0.2, 0.25) is 0 Å². The highest BCUT2D eigenvalue weighted by Gasteiger charge is 2.50. The molecule has 112 valence electrons. The molecule has 21 heavy (non-hydrogen) atoms. The van der Waals surface area contributed by atoms with E-state index >= 15 is 0 Å². The van der Waals surface area contributed by atoms with Crippen LogP contribution in [0.15, 0.2) is 18.2 Å². The van der Waals surface area contributed by atoms with Gasteiger partial charge in [-0.1, -0.05) is 6.07 Å². The molecule has 0 saturated heterocycles. The summed E-state index contributed by atoms with van der Waals surface area (Å²) in [5.74, 6) is -0.407. The second kappa shape index (κ2) is 5.39. The molecule has 0 unspecified atom stereocenters. The summed E-state index contributed by atoms with van der Waals surface area (Å²) >= 11 is 0. The molecular formula is C16H19NO4. The summed E-state index contributed by atoms with van der Waals surface area (Å²) in [6.45, 7) is 0.114. The lowest BCUT2D eigenvalue weighted by atomic mass is 10.1. The molecule has 2 N–H and O–H groups in total. The maximum atomic E-state index is 11.7. The van der Waals surface area contributed by atoms with E-state index in [1.54, 1.807) is 0 Å². The zero-order valence-corrected chi connectivity index (χ0v) is 11.9. The predicted molar refractivity (Wildman–Crippen MR) is 76.3 cm³/mol. The van der Waals surface area contributed by atoms with Crippen LogP contribution in [0.3, 0.4) is 0 Å². The number of carbonyl (C=O) groups excluding carboxylic acids is 1. The number of fused-ring (bicyclic) bond motifs is 1. The van der Waals surface area contributed by atoms with Crippen LogP contribution in [-0.2, 0) is 22.4 Å². The quantitative estimate of drug-likeness (QED) is 0.833. The number of carboxylic acid groups (broad SMARTS) is 1. The number of carboxylic acids is 1. The summed E-state index contributed by atoms with van der Waals surface area (Å²) in [6.07, 6.45) is 4.63. The largest absolute Gasteiger partial charge is 0.484 e. The number of ether oxygens (including phenoxy) is 1. The summed E-state index contributed by atoms with van der Waals surface area (Å²) in [5.41, 5.74) is 1.93. The van der Waals surface area contributed by atoms with Crippen molar-refractivity contribution in [1.29, 1.82) is 0 Å². The molecule has 1 aromatic rings. The first-order valence-electron chi connectivity index (χ1n) is 7.34. The van der Waals surface area contributed by atoms with Crippen molar-refractivity contribution in [3.05, 3.63) is 29.3 Å². The first-order chi connectivity index (χ1) is 10.1. The van der Waals surface area contributed by atoms with E-state index in [4.69, 9.17) is 9.84 Å². The lowest BCUT2D eigenvalue weighted by Gasteiger charge is -2.12. The predicted octanol–water partition coefficient (Wildman–Crippen LogP) is 1.54. The van der Waals surface area contributed by atoms with Gasteiger partial charge in [-0.15, -0.1) is 0 Å². The van der Waals surface area contributed by atoms with Crippen LogP contribution < -0.4 is 10.1 Å². The molecule has 0 aliphatic heterocycles. The summed E-state index contributed by atoms with van der Waals surface area (Å²) in [4.78, 5) is 22.7. The number of benzene rings is 1. The van der Waals surface area contributed by atoms with Crippen molar-refractivity contribution in [3.63, 3.8) is 0 Å². The zero-order chi connectivity index (χ0) is 14.9. The Hall–Kier alpha value is -2.04. The van der Waals surface area contributed by atoms with Crippen LogP contribution in [-0.4, -0.2) is 30.1 Å². The SMILES string of the molecule is O=C(COc1ccc2c(c1)CCC2)NCC1(C(=O)O)CC1. The number of hydrogen-bond donors (Lipinski definition) is 2. The first-order valence-corrected chi connectivity index (χ1v) is 7.34. The molecule has 1 amide bonds. The molecule has 5 nitrogen and oxygen atoms in total. The third-order valence-electron chi connectivity index (χ3n) is 4.37. The molecule has 1 fully saturated rings. The maximum absolute atomic E-state index is 11.7. The van der Waals surface area contributed by atoms with Gasteiger partial charge in [-0.25, -0.2) is 0 Å². The fourth-order valence-electron chi connectivity index (χ4n) is 2.72. The van der Waals surface area contributed by atoms with Crippen molar-refractivity contribution in [1.82, 2.24) is 5.32 Å². The minimum Gasteiger partial charge on any atom is -0.484 e. The number of carbonyl (C=O) groups is 2. The molecular weight excluding hydrogens is 270 g/mol. The number of rotatable bonds is 6. The highest BCUT2D eigenvalue weighted by molar-refractivity contribution is 5.81. The smallest absolute Gasteiger partial charge is 0.311 e. The maximum Gasteiger partial charge on any atom is 0.311 e. The highest BCUT2D eigenvalue weighted by atomic mass is 16.5. The Morgan fingerprint density at radius 1 is 1.24 bits per heavy atom. The van der Waals surface area contributed by atoms with E-state index in [1.807, 2.05) is 12.1 Å². The Balaban J connectivity index is 1.47. The molecule has 3 rings (SSSR count). The van der Waals surface area contributed by atoms with E-state index < -0.39 is 11.4 Å². The van der Waals surface area contributed by atoms with Gasteiger partial charge in [0.2, 0.25) is 0 Å². The first kappa shape index (κ1) is 13.9. The highest BCUT2D eigenvalue weighted by Crippen LogP contribution is 2.45. The lowest BCUT2D eigenvalue weighted by molar-refractivity contribution is -0.143. The molecule has 5 heteroatoms. The van der Waals surface area contributed by atoms with E-state index in [2.05, 4.69) is 11.4 Å².